The number of aliphatic hydroxyl groups excluding tert-OH is 1. The van der Waals surface area contributed by atoms with Gasteiger partial charge >= 0.3 is 29.6 Å². The predicted octanol–water partition coefficient (Wildman–Crippen LogP) is -3.95. The van der Waals surface area contributed by atoms with Crippen molar-refractivity contribution in [3.8, 4) is 0 Å². The molecule has 0 aliphatic rings. The monoisotopic (exact) mass is 72.0 g/mol. The molecule has 22 valence electrons. The Balaban J connectivity index is -0.0000000200. The quantitative estimate of drug-likeness (QED) is 0.226. The molecule has 0 bridgehead atoms. The van der Waals surface area contributed by atoms with Crippen LogP contribution >= 0.6 is 0 Å². The minimum atomic E-state index is -0.750. The van der Waals surface area contributed by atoms with E-state index in [1.54, 1.807) is 0 Å². The minimum absolute atomic E-state index is 0. The number of hydrogen-bond acceptors (Lipinski definition) is 2. The average molecular weight is 72.0 g/mol. The summed E-state index contributed by atoms with van der Waals surface area (Å²) in [5.41, 5.74) is 0. The second-order valence-electron chi connectivity index (χ2n) is 0.141. The average Bonchev–Trinajstić information content (AvgIpc) is 0.918. The fourth-order valence-electron chi connectivity index (χ4n) is 0. The van der Waals surface area contributed by atoms with Crippen molar-refractivity contribution in [3.05, 3.63) is 0 Å². The van der Waals surface area contributed by atoms with Gasteiger partial charge in [0, 0.05) is 0 Å². The van der Waals surface area contributed by atoms with Crippen molar-refractivity contribution in [2.75, 3.05) is 6.79 Å². The van der Waals surface area contributed by atoms with Gasteiger partial charge in [-0.2, -0.15) is 0 Å². The summed E-state index contributed by atoms with van der Waals surface area (Å²) in [7, 11) is 0. The predicted molar refractivity (Wildman–Crippen MR) is 10.4 cm³/mol. The Morgan fingerprint density at radius 2 is 1.50 bits per heavy atom. The summed E-state index contributed by atoms with van der Waals surface area (Å²) in [6.45, 7) is -0.750. The first-order valence-electron chi connectivity index (χ1n) is 0.632. The molecule has 2 nitrogen and oxygen atoms in total. The van der Waals surface area contributed by atoms with Gasteiger partial charge in [0.2, 0.25) is 0 Å². The molecule has 0 unspecified atom stereocenters. The van der Waals surface area contributed by atoms with E-state index in [0.29, 0.717) is 0 Å². The van der Waals surface area contributed by atoms with E-state index in [9.17, 15) is 0 Å². The van der Waals surface area contributed by atoms with Crippen molar-refractivity contribution >= 4 is 0 Å². The molecule has 0 saturated carbocycles. The second-order valence-corrected chi connectivity index (χ2v) is 0.141. The first-order chi connectivity index (χ1) is 1.41. The zero-order valence-electron chi connectivity index (χ0n) is 3.60. The zero-order valence-corrected chi connectivity index (χ0v) is 4.60. The SMILES string of the molecule is OCO.[H-].[Na+]. The molecule has 4 heavy (non-hydrogen) atoms. The normalized spacial score (nSPS) is 4.50. The smallest absolute Gasteiger partial charge is 1.00 e. The molecule has 0 aliphatic carbocycles. The standard InChI is InChI=1S/CH4O2.Na.H/c2-1-3;;/h2-3H,1H2;;/q;+1;-1. The van der Waals surface area contributed by atoms with Crippen molar-refractivity contribution in [3.63, 3.8) is 0 Å². The molecule has 0 radical (unpaired) electrons. The van der Waals surface area contributed by atoms with Gasteiger partial charge in [-0.3, -0.25) is 0 Å². The maximum absolute atomic E-state index is 7.12. The zero-order chi connectivity index (χ0) is 2.71. The van der Waals surface area contributed by atoms with Crippen LogP contribution in [0, 0.1) is 0 Å². The molecule has 0 aliphatic heterocycles. The molecule has 0 atom stereocenters. The largest absolute Gasteiger partial charge is 1.00 e. The molecule has 0 aromatic rings. The molecule has 0 aromatic carbocycles. The topological polar surface area (TPSA) is 40.5 Å². The number of aliphatic hydroxyl groups is 2. The van der Waals surface area contributed by atoms with Crippen molar-refractivity contribution < 1.29 is 41.2 Å². The fourth-order valence-corrected chi connectivity index (χ4v) is 0. The first kappa shape index (κ1) is 8.87. The second kappa shape index (κ2) is 9.07. The molecule has 0 spiro atoms. The van der Waals surface area contributed by atoms with Crippen LogP contribution in [-0.4, -0.2) is 17.0 Å². The Hall–Kier alpha value is 0.920. The molecular formula is CH5NaO2. The van der Waals surface area contributed by atoms with Gasteiger partial charge in [-0.1, -0.05) is 0 Å². The Labute approximate surface area is 48.2 Å². The number of rotatable bonds is 0. The van der Waals surface area contributed by atoms with Crippen LogP contribution in [0.2, 0.25) is 0 Å². The molecule has 0 saturated heterocycles. The van der Waals surface area contributed by atoms with E-state index in [1.807, 2.05) is 0 Å². The van der Waals surface area contributed by atoms with E-state index < -0.39 is 6.79 Å². The third-order valence-electron chi connectivity index (χ3n) is 0. The summed E-state index contributed by atoms with van der Waals surface area (Å²) in [4.78, 5) is 0. The van der Waals surface area contributed by atoms with Crippen LogP contribution in [0.5, 0.6) is 0 Å². The third kappa shape index (κ3) is 12.7. The van der Waals surface area contributed by atoms with Crippen molar-refractivity contribution in [1.82, 2.24) is 0 Å². The third-order valence-corrected chi connectivity index (χ3v) is 0. The Morgan fingerprint density at radius 3 is 1.50 bits per heavy atom. The van der Waals surface area contributed by atoms with E-state index in [1.165, 1.54) is 0 Å². The minimum Gasteiger partial charge on any atom is -1.00 e. The van der Waals surface area contributed by atoms with Crippen LogP contribution in [0.3, 0.4) is 0 Å². The van der Waals surface area contributed by atoms with Gasteiger partial charge in [-0.25, -0.2) is 0 Å². The molecule has 0 aromatic heterocycles. The maximum atomic E-state index is 7.12. The van der Waals surface area contributed by atoms with E-state index in [4.69, 9.17) is 10.2 Å². The molecule has 3 heteroatoms. The molecule has 0 heterocycles. The van der Waals surface area contributed by atoms with E-state index in [2.05, 4.69) is 0 Å². The van der Waals surface area contributed by atoms with Crippen LogP contribution in [0.1, 0.15) is 1.43 Å². The summed E-state index contributed by atoms with van der Waals surface area (Å²) in [5, 5.41) is 14.2. The molecular weight excluding hydrogens is 67.0 g/mol. The van der Waals surface area contributed by atoms with Gasteiger partial charge in [0.25, 0.3) is 0 Å². The van der Waals surface area contributed by atoms with Gasteiger partial charge in [-0.05, 0) is 0 Å². The van der Waals surface area contributed by atoms with Gasteiger partial charge < -0.3 is 11.6 Å². The fraction of sp³-hybridized carbons (Fsp3) is 1.00. The Kier molecular flexibility index (Phi) is 20.1. The molecule has 2 N–H and O–H groups in total. The first-order valence-corrected chi connectivity index (χ1v) is 0.632. The van der Waals surface area contributed by atoms with Crippen molar-refractivity contribution in [1.29, 1.82) is 0 Å². The Bertz CT molecular complexity index is 9.61. The van der Waals surface area contributed by atoms with Crippen LogP contribution < -0.4 is 29.6 Å². The van der Waals surface area contributed by atoms with Crippen LogP contribution in [0.15, 0.2) is 0 Å². The van der Waals surface area contributed by atoms with Gasteiger partial charge in [0.15, 0.2) is 0 Å². The summed E-state index contributed by atoms with van der Waals surface area (Å²) >= 11 is 0. The van der Waals surface area contributed by atoms with Gasteiger partial charge in [0.1, 0.15) is 6.79 Å². The van der Waals surface area contributed by atoms with Gasteiger partial charge in [0.05, 0.1) is 0 Å². The summed E-state index contributed by atoms with van der Waals surface area (Å²) in [6, 6.07) is 0. The van der Waals surface area contributed by atoms with Crippen LogP contribution in [0.25, 0.3) is 0 Å². The summed E-state index contributed by atoms with van der Waals surface area (Å²) < 4.78 is 0. The summed E-state index contributed by atoms with van der Waals surface area (Å²) in [5.74, 6) is 0. The maximum Gasteiger partial charge on any atom is 1.00 e. The van der Waals surface area contributed by atoms with Crippen LogP contribution in [-0.2, 0) is 0 Å². The molecule has 0 amide bonds. The molecule has 0 fully saturated rings. The van der Waals surface area contributed by atoms with E-state index >= 15 is 0 Å². The summed E-state index contributed by atoms with van der Waals surface area (Å²) in [6.07, 6.45) is 0. The molecule has 0 rings (SSSR count). The number of hydrogen-bond donors (Lipinski definition) is 2. The van der Waals surface area contributed by atoms with Crippen molar-refractivity contribution in [2.24, 2.45) is 0 Å². The van der Waals surface area contributed by atoms with E-state index in [0.717, 1.165) is 0 Å². The van der Waals surface area contributed by atoms with E-state index in [-0.39, 0.29) is 31.0 Å². The van der Waals surface area contributed by atoms with Gasteiger partial charge in [-0.15, -0.1) is 0 Å². The Morgan fingerprint density at radius 1 is 1.50 bits per heavy atom. The van der Waals surface area contributed by atoms with Crippen molar-refractivity contribution in [2.45, 2.75) is 0 Å². The van der Waals surface area contributed by atoms with Crippen LogP contribution in [0.4, 0.5) is 0 Å².